The first-order valence-corrected chi connectivity index (χ1v) is 4.90. The van der Waals surface area contributed by atoms with Crippen molar-refractivity contribution in [1.82, 2.24) is 5.32 Å². The number of fused-ring (bicyclic) bond motifs is 2. The quantitative estimate of drug-likeness (QED) is 0.532. The minimum atomic E-state index is 0. The number of allylic oxidation sites excluding steroid dienone is 2. The molecule has 3 atom stereocenters. The van der Waals surface area contributed by atoms with Crippen molar-refractivity contribution in [3.63, 3.8) is 0 Å². The van der Waals surface area contributed by atoms with E-state index >= 15 is 0 Å². The van der Waals surface area contributed by atoms with E-state index in [1.54, 1.807) is 0 Å². The van der Waals surface area contributed by atoms with Gasteiger partial charge in [0.2, 0.25) is 0 Å². The third-order valence-electron chi connectivity index (χ3n) is 3.11. The molecule has 1 fully saturated rings. The fraction of sp³-hybridized carbons (Fsp3) is 0.800. The summed E-state index contributed by atoms with van der Waals surface area (Å²) in [5.74, 6) is 2.55. The maximum absolute atomic E-state index is 8.60. The van der Waals surface area contributed by atoms with Crippen LogP contribution in [-0.2, 0) is 0 Å². The first-order valence-electron chi connectivity index (χ1n) is 4.90. The van der Waals surface area contributed by atoms with Gasteiger partial charge in [0.1, 0.15) is 0 Å². The first kappa shape index (κ1) is 11.0. The lowest BCUT2D eigenvalue weighted by Gasteiger charge is -2.17. The van der Waals surface area contributed by atoms with Gasteiger partial charge in [-0.1, -0.05) is 12.2 Å². The predicted molar refractivity (Wildman–Crippen MR) is 56.0 cm³/mol. The van der Waals surface area contributed by atoms with Crippen LogP contribution in [0.3, 0.4) is 0 Å². The lowest BCUT2D eigenvalue weighted by molar-refractivity contribution is 0.284. The predicted octanol–water partition coefficient (Wildman–Crippen LogP) is 1.20. The van der Waals surface area contributed by atoms with Crippen molar-refractivity contribution < 1.29 is 5.11 Å². The van der Waals surface area contributed by atoms with Crippen molar-refractivity contribution in [3.05, 3.63) is 12.2 Å². The normalized spacial score (nSPS) is 35.0. The Morgan fingerprint density at radius 1 is 1.31 bits per heavy atom. The van der Waals surface area contributed by atoms with Gasteiger partial charge in [-0.15, -0.1) is 12.4 Å². The minimum absolute atomic E-state index is 0. The Hall–Kier alpha value is -0.0500. The van der Waals surface area contributed by atoms with Crippen molar-refractivity contribution >= 4 is 12.4 Å². The molecular weight excluding hydrogens is 186 g/mol. The van der Waals surface area contributed by atoms with E-state index in [1.165, 1.54) is 12.8 Å². The summed E-state index contributed by atoms with van der Waals surface area (Å²) >= 11 is 0. The molecule has 13 heavy (non-hydrogen) atoms. The van der Waals surface area contributed by atoms with E-state index in [-0.39, 0.29) is 19.0 Å². The average molecular weight is 204 g/mol. The van der Waals surface area contributed by atoms with E-state index in [9.17, 15) is 0 Å². The van der Waals surface area contributed by atoms with Crippen LogP contribution in [0.5, 0.6) is 0 Å². The summed E-state index contributed by atoms with van der Waals surface area (Å²) in [5, 5.41) is 11.9. The molecule has 0 aromatic heterocycles. The molecule has 0 amide bonds. The monoisotopic (exact) mass is 203 g/mol. The number of hydrogen-bond acceptors (Lipinski definition) is 2. The van der Waals surface area contributed by atoms with Crippen LogP contribution in [0.4, 0.5) is 0 Å². The molecular formula is C10H18ClNO. The third-order valence-corrected chi connectivity index (χ3v) is 3.11. The zero-order valence-electron chi connectivity index (χ0n) is 7.78. The van der Waals surface area contributed by atoms with Crippen LogP contribution in [-0.4, -0.2) is 24.8 Å². The number of nitrogens with one attached hydrogen (secondary N) is 1. The van der Waals surface area contributed by atoms with Gasteiger partial charge in [0.15, 0.2) is 0 Å². The molecule has 2 nitrogen and oxygen atoms in total. The van der Waals surface area contributed by atoms with Gasteiger partial charge in [0, 0.05) is 6.54 Å². The Labute approximate surface area is 85.8 Å². The fourth-order valence-electron chi connectivity index (χ4n) is 2.50. The Kier molecular flexibility index (Phi) is 4.23. The van der Waals surface area contributed by atoms with Crippen LogP contribution >= 0.6 is 12.4 Å². The SMILES string of the molecule is Cl.OCCNCC1CC2C=CC1C2. The Morgan fingerprint density at radius 3 is 2.69 bits per heavy atom. The largest absolute Gasteiger partial charge is 0.395 e. The number of hydrogen-bond donors (Lipinski definition) is 2. The average Bonchev–Trinajstić information content (AvgIpc) is 2.65. The summed E-state index contributed by atoms with van der Waals surface area (Å²) in [4.78, 5) is 0. The number of aliphatic hydroxyl groups excluding tert-OH is 1. The van der Waals surface area contributed by atoms with Crippen LogP contribution in [0.15, 0.2) is 12.2 Å². The highest BCUT2D eigenvalue weighted by atomic mass is 35.5. The molecule has 0 spiro atoms. The molecule has 0 saturated heterocycles. The second kappa shape index (κ2) is 4.99. The maximum Gasteiger partial charge on any atom is 0.0555 e. The van der Waals surface area contributed by atoms with E-state index in [2.05, 4.69) is 17.5 Å². The molecule has 0 heterocycles. The van der Waals surface area contributed by atoms with Crippen LogP contribution < -0.4 is 5.32 Å². The lowest BCUT2D eigenvalue weighted by atomic mass is 9.94. The Bertz CT molecular complexity index is 184. The number of halogens is 1. The van der Waals surface area contributed by atoms with E-state index in [1.807, 2.05) is 0 Å². The smallest absolute Gasteiger partial charge is 0.0555 e. The molecule has 0 aromatic rings. The minimum Gasteiger partial charge on any atom is -0.395 e. The molecule has 2 aliphatic carbocycles. The zero-order chi connectivity index (χ0) is 8.39. The fourth-order valence-corrected chi connectivity index (χ4v) is 2.50. The van der Waals surface area contributed by atoms with E-state index < -0.39 is 0 Å². The van der Waals surface area contributed by atoms with Crippen LogP contribution in [0.25, 0.3) is 0 Å². The molecule has 2 N–H and O–H groups in total. The Morgan fingerprint density at radius 2 is 2.15 bits per heavy atom. The highest BCUT2D eigenvalue weighted by Crippen LogP contribution is 2.42. The topological polar surface area (TPSA) is 32.3 Å². The van der Waals surface area contributed by atoms with Gasteiger partial charge in [-0.05, 0) is 37.1 Å². The van der Waals surface area contributed by atoms with Gasteiger partial charge < -0.3 is 10.4 Å². The molecule has 2 rings (SSSR count). The van der Waals surface area contributed by atoms with E-state index in [0.29, 0.717) is 0 Å². The molecule has 1 saturated carbocycles. The van der Waals surface area contributed by atoms with Crippen molar-refractivity contribution in [2.75, 3.05) is 19.7 Å². The summed E-state index contributed by atoms with van der Waals surface area (Å²) in [6.45, 7) is 2.10. The van der Waals surface area contributed by atoms with Crippen LogP contribution in [0, 0.1) is 17.8 Å². The summed E-state index contributed by atoms with van der Waals surface area (Å²) in [6, 6.07) is 0. The summed E-state index contributed by atoms with van der Waals surface area (Å²) in [5.41, 5.74) is 0. The zero-order valence-corrected chi connectivity index (χ0v) is 8.59. The highest BCUT2D eigenvalue weighted by Gasteiger charge is 2.34. The standard InChI is InChI=1S/C10H17NO.ClH/c12-4-3-11-7-10-6-8-1-2-9(10)5-8;/h1-2,8-12H,3-7H2;1H. The van der Waals surface area contributed by atoms with Crippen molar-refractivity contribution in [3.8, 4) is 0 Å². The van der Waals surface area contributed by atoms with Gasteiger partial charge >= 0.3 is 0 Å². The second-order valence-electron chi connectivity index (χ2n) is 3.97. The Balaban J connectivity index is 0.000000845. The van der Waals surface area contributed by atoms with Crippen molar-refractivity contribution in [1.29, 1.82) is 0 Å². The van der Waals surface area contributed by atoms with Gasteiger partial charge in [-0.3, -0.25) is 0 Å². The molecule has 2 bridgehead atoms. The van der Waals surface area contributed by atoms with Gasteiger partial charge in [0.05, 0.1) is 6.61 Å². The van der Waals surface area contributed by atoms with Gasteiger partial charge in [-0.2, -0.15) is 0 Å². The molecule has 0 aromatic carbocycles. The lowest BCUT2D eigenvalue weighted by Crippen LogP contribution is -2.27. The first-order chi connectivity index (χ1) is 5.90. The molecule has 0 aliphatic heterocycles. The van der Waals surface area contributed by atoms with Gasteiger partial charge in [-0.25, -0.2) is 0 Å². The van der Waals surface area contributed by atoms with Crippen LogP contribution in [0.1, 0.15) is 12.8 Å². The molecule has 3 unspecified atom stereocenters. The highest BCUT2D eigenvalue weighted by molar-refractivity contribution is 5.85. The summed E-state index contributed by atoms with van der Waals surface area (Å²) < 4.78 is 0. The molecule has 2 aliphatic rings. The van der Waals surface area contributed by atoms with Crippen molar-refractivity contribution in [2.24, 2.45) is 17.8 Å². The van der Waals surface area contributed by atoms with E-state index in [0.717, 1.165) is 30.8 Å². The summed E-state index contributed by atoms with van der Waals surface area (Å²) in [7, 11) is 0. The second-order valence-corrected chi connectivity index (χ2v) is 3.97. The summed E-state index contributed by atoms with van der Waals surface area (Å²) in [6.07, 6.45) is 7.48. The van der Waals surface area contributed by atoms with Crippen molar-refractivity contribution in [2.45, 2.75) is 12.8 Å². The number of rotatable bonds is 4. The third kappa shape index (κ3) is 2.46. The van der Waals surface area contributed by atoms with Crippen LogP contribution in [0.2, 0.25) is 0 Å². The van der Waals surface area contributed by atoms with Gasteiger partial charge in [0.25, 0.3) is 0 Å². The molecule has 0 radical (unpaired) electrons. The number of aliphatic hydroxyl groups is 1. The molecule has 3 heteroatoms. The van der Waals surface area contributed by atoms with E-state index in [4.69, 9.17) is 5.11 Å². The molecule has 76 valence electrons. The maximum atomic E-state index is 8.60.